The summed E-state index contributed by atoms with van der Waals surface area (Å²) in [5, 5.41) is 15.3. The zero-order valence-corrected chi connectivity index (χ0v) is 20.8. The van der Waals surface area contributed by atoms with Gasteiger partial charge in [0.05, 0.1) is 17.4 Å². The van der Waals surface area contributed by atoms with Crippen molar-refractivity contribution < 1.29 is 19.1 Å². The summed E-state index contributed by atoms with van der Waals surface area (Å²) in [6, 6.07) is 15.4. The van der Waals surface area contributed by atoms with Crippen LogP contribution in [0.5, 0.6) is 0 Å². The summed E-state index contributed by atoms with van der Waals surface area (Å²) < 4.78 is 6.06. The number of pyridine rings is 1. The van der Waals surface area contributed by atoms with Crippen LogP contribution in [0.2, 0.25) is 0 Å². The maximum absolute atomic E-state index is 13.0. The summed E-state index contributed by atoms with van der Waals surface area (Å²) in [6.45, 7) is 6.14. The zero-order chi connectivity index (χ0) is 24.1. The minimum absolute atomic E-state index is 0.265. The molecule has 0 spiro atoms. The molecule has 1 amide bonds. The highest BCUT2D eigenvalue weighted by atomic mass is 32.2. The van der Waals surface area contributed by atoms with Gasteiger partial charge >= 0.3 is 5.97 Å². The number of benzene rings is 1. The standard InChI is InChI=1S/C25H27N3O4S2/c1-3-32-25(30)22-19-12-14-27(15-18-9-5-4-6-10-18)16-20(19)34-24(22)26-23(29)17(2)33-21-11-7-8-13-28(21)31/h4-11,13,17H,3,12,14-16H2,1-2H3,(H,26,29)/t17-/m1/s1. The zero-order valence-electron chi connectivity index (χ0n) is 19.2. The lowest BCUT2D eigenvalue weighted by Crippen LogP contribution is -2.31. The van der Waals surface area contributed by atoms with Gasteiger partial charge in [-0.3, -0.25) is 9.69 Å². The number of anilines is 1. The molecule has 0 fully saturated rings. The maximum atomic E-state index is 13.0. The van der Waals surface area contributed by atoms with Gasteiger partial charge in [-0.05, 0) is 49.2 Å². The topological polar surface area (TPSA) is 85.6 Å². The van der Waals surface area contributed by atoms with Crippen LogP contribution in [0, 0.1) is 5.21 Å². The first-order chi connectivity index (χ1) is 16.5. The third-order valence-corrected chi connectivity index (χ3v) is 7.81. The molecule has 0 saturated heterocycles. The van der Waals surface area contributed by atoms with Gasteiger partial charge in [0, 0.05) is 36.6 Å². The molecule has 0 aliphatic carbocycles. The molecule has 9 heteroatoms. The van der Waals surface area contributed by atoms with Crippen LogP contribution in [0.4, 0.5) is 5.00 Å². The number of nitrogens with zero attached hydrogens (tertiary/aromatic N) is 2. The van der Waals surface area contributed by atoms with Crippen LogP contribution in [0.25, 0.3) is 0 Å². The van der Waals surface area contributed by atoms with Crippen molar-refractivity contribution in [2.45, 2.75) is 43.6 Å². The van der Waals surface area contributed by atoms with Gasteiger partial charge in [-0.15, -0.1) is 11.3 Å². The number of fused-ring (bicyclic) bond motifs is 1. The van der Waals surface area contributed by atoms with E-state index in [2.05, 4.69) is 22.3 Å². The number of amides is 1. The van der Waals surface area contributed by atoms with Crippen LogP contribution in [0.3, 0.4) is 0 Å². The fourth-order valence-corrected chi connectivity index (χ4v) is 6.02. The molecule has 3 aromatic rings. The molecule has 1 aliphatic rings. The molecule has 2 aromatic heterocycles. The summed E-state index contributed by atoms with van der Waals surface area (Å²) in [6.07, 6.45) is 2.12. The Balaban J connectivity index is 1.53. The molecule has 1 N–H and O–H groups in total. The van der Waals surface area contributed by atoms with Gasteiger partial charge in [-0.25, -0.2) is 4.79 Å². The molecular formula is C25H27N3O4S2. The second kappa shape index (κ2) is 11.0. The van der Waals surface area contributed by atoms with E-state index in [0.717, 1.165) is 28.3 Å². The molecule has 34 heavy (non-hydrogen) atoms. The number of hydrogen-bond acceptors (Lipinski definition) is 7. The number of thioether (sulfide) groups is 1. The predicted octanol–water partition coefficient (Wildman–Crippen LogP) is 4.24. The van der Waals surface area contributed by atoms with E-state index < -0.39 is 11.2 Å². The molecule has 178 valence electrons. The van der Waals surface area contributed by atoms with E-state index in [0.29, 0.717) is 28.6 Å². The number of nitrogens with one attached hydrogen (secondary N) is 1. The van der Waals surface area contributed by atoms with Gasteiger partial charge in [-0.2, -0.15) is 4.73 Å². The minimum atomic E-state index is -0.522. The van der Waals surface area contributed by atoms with Crippen molar-refractivity contribution in [1.82, 2.24) is 4.90 Å². The Morgan fingerprint density at radius 2 is 2.00 bits per heavy atom. The molecule has 0 bridgehead atoms. The van der Waals surface area contributed by atoms with Crippen LogP contribution < -0.4 is 10.0 Å². The van der Waals surface area contributed by atoms with E-state index in [1.807, 2.05) is 18.2 Å². The highest BCUT2D eigenvalue weighted by Crippen LogP contribution is 2.38. The second-order valence-corrected chi connectivity index (χ2v) is 10.5. The number of carbonyl (C=O) groups is 2. The van der Waals surface area contributed by atoms with Crippen molar-refractivity contribution in [1.29, 1.82) is 0 Å². The van der Waals surface area contributed by atoms with Crippen molar-refractivity contribution in [2.24, 2.45) is 0 Å². The first kappa shape index (κ1) is 24.3. The Hall–Kier alpha value is -2.88. The van der Waals surface area contributed by atoms with Gasteiger partial charge in [0.15, 0.2) is 6.20 Å². The Bertz CT molecular complexity index is 1170. The van der Waals surface area contributed by atoms with Gasteiger partial charge in [-0.1, -0.05) is 30.3 Å². The Morgan fingerprint density at radius 3 is 2.74 bits per heavy atom. The fourth-order valence-electron chi connectivity index (χ4n) is 3.89. The number of carbonyl (C=O) groups excluding carboxylic acids is 2. The molecule has 3 heterocycles. The summed E-state index contributed by atoms with van der Waals surface area (Å²) in [7, 11) is 0. The quantitative estimate of drug-likeness (QED) is 0.217. The normalized spacial score (nSPS) is 14.3. The van der Waals surface area contributed by atoms with E-state index >= 15 is 0 Å². The van der Waals surface area contributed by atoms with Crippen molar-refractivity contribution >= 4 is 40.0 Å². The molecule has 7 nitrogen and oxygen atoms in total. The summed E-state index contributed by atoms with van der Waals surface area (Å²) >= 11 is 2.61. The lowest BCUT2D eigenvalue weighted by Gasteiger charge is -2.27. The van der Waals surface area contributed by atoms with Crippen molar-refractivity contribution in [2.75, 3.05) is 18.5 Å². The van der Waals surface area contributed by atoms with Gasteiger partial charge in [0.1, 0.15) is 5.00 Å². The minimum Gasteiger partial charge on any atom is -0.618 e. The van der Waals surface area contributed by atoms with Gasteiger partial charge < -0.3 is 15.3 Å². The summed E-state index contributed by atoms with van der Waals surface area (Å²) in [5.74, 6) is -0.674. The monoisotopic (exact) mass is 497 g/mol. The van der Waals surface area contributed by atoms with E-state index in [1.54, 1.807) is 32.0 Å². The van der Waals surface area contributed by atoms with Crippen molar-refractivity contribution in [3.05, 3.63) is 81.5 Å². The van der Waals surface area contributed by atoms with Crippen molar-refractivity contribution in [3.63, 3.8) is 0 Å². The average Bonchev–Trinajstić information content (AvgIpc) is 3.18. The molecule has 1 aliphatic heterocycles. The predicted molar refractivity (Wildman–Crippen MR) is 134 cm³/mol. The lowest BCUT2D eigenvalue weighted by atomic mass is 10.0. The van der Waals surface area contributed by atoms with Crippen LogP contribution in [-0.4, -0.2) is 35.2 Å². The third kappa shape index (κ3) is 5.60. The van der Waals surface area contributed by atoms with Crippen LogP contribution in [-0.2, 0) is 29.0 Å². The largest absolute Gasteiger partial charge is 0.618 e. The van der Waals surface area contributed by atoms with Crippen LogP contribution in [0.1, 0.15) is 40.2 Å². The second-order valence-electron chi connectivity index (χ2n) is 7.99. The number of ether oxygens (including phenoxy) is 1. The molecule has 0 radical (unpaired) electrons. The molecule has 1 atom stereocenters. The number of hydrogen-bond donors (Lipinski definition) is 1. The summed E-state index contributed by atoms with van der Waals surface area (Å²) in [5.41, 5.74) is 2.67. The molecule has 1 aromatic carbocycles. The lowest BCUT2D eigenvalue weighted by molar-refractivity contribution is -0.645. The van der Waals surface area contributed by atoms with E-state index in [9.17, 15) is 14.8 Å². The maximum Gasteiger partial charge on any atom is 0.341 e. The highest BCUT2D eigenvalue weighted by Gasteiger charge is 2.30. The van der Waals surface area contributed by atoms with Gasteiger partial charge in [0.2, 0.25) is 5.91 Å². The van der Waals surface area contributed by atoms with E-state index in [-0.39, 0.29) is 12.5 Å². The Kier molecular flexibility index (Phi) is 7.87. The average molecular weight is 498 g/mol. The first-order valence-electron chi connectivity index (χ1n) is 11.2. The Labute approximate surface area is 207 Å². The third-order valence-electron chi connectivity index (χ3n) is 5.56. The molecule has 0 unspecified atom stereocenters. The van der Waals surface area contributed by atoms with E-state index in [1.165, 1.54) is 34.9 Å². The SMILES string of the molecule is CCOC(=O)c1c(NC(=O)[C@@H](C)Sc2cccc[n+]2[O-])sc2c1CCN(Cc1ccccc1)C2. The highest BCUT2D eigenvalue weighted by molar-refractivity contribution is 8.00. The summed E-state index contributed by atoms with van der Waals surface area (Å²) in [4.78, 5) is 29.2. The van der Waals surface area contributed by atoms with Crippen LogP contribution >= 0.6 is 23.1 Å². The molecular weight excluding hydrogens is 470 g/mol. The number of aromatic nitrogens is 1. The van der Waals surface area contributed by atoms with Gasteiger partial charge in [0.25, 0.3) is 5.03 Å². The fraction of sp³-hybridized carbons (Fsp3) is 0.320. The Morgan fingerprint density at radius 1 is 1.24 bits per heavy atom. The molecule has 4 rings (SSSR count). The number of thiophene rings is 1. The number of esters is 1. The first-order valence-corrected chi connectivity index (χ1v) is 12.9. The smallest absolute Gasteiger partial charge is 0.341 e. The van der Waals surface area contributed by atoms with Crippen LogP contribution in [0.15, 0.2) is 59.8 Å². The number of rotatable bonds is 8. The van der Waals surface area contributed by atoms with E-state index in [4.69, 9.17) is 4.74 Å². The molecule has 0 saturated carbocycles. The van der Waals surface area contributed by atoms with Crippen molar-refractivity contribution in [3.8, 4) is 0 Å².